The number of rotatable bonds is 1. The lowest BCUT2D eigenvalue weighted by molar-refractivity contribution is 0.0766. The second kappa shape index (κ2) is 6.58. The minimum absolute atomic E-state index is 0.0918. The van der Waals surface area contributed by atoms with Crippen LogP contribution in [-0.2, 0) is 0 Å². The Morgan fingerprint density at radius 2 is 2.06 bits per heavy atom. The summed E-state index contributed by atoms with van der Waals surface area (Å²) < 4.78 is 0. The summed E-state index contributed by atoms with van der Waals surface area (Å²) in [6, 6.07) is 1.85. The van der Waals surface area contributed by atoms with Crippen molar-refractivity contribution in [2.75, 3.05) is 19.7 Å². The summed E-state index contributed by atoms with van der Waals surface area (Å²) in [6.45, 7) is 1.53. The van der Waals surface area contributed by atoms with Gasteiger partial charge >= 0.3 is 0 Å². The lowest BCUT2D eigenvalue weighted by Gasteiger charge is -2.19. The molecule has 1 aliphatic rings. The van der Waals surface area contributed by atoms with Crippen molar-refractivity contribution in [2.24, 2.45) is 0 Å². The largest absolute Gasteiger partial charge is 0.384 e. The molecule has 0 atom stereocenters. The number of amides is 1. The van der Waals surface area contributed by atoms with E-state index in [2.05, 4.69) is 11.8 Å². The summed E-state index contributed by atoms with van der Waals surface area (Å²) in [5, 5.41) is 10.6. The molecule has 0 saturated carbocycles. The summed E-state index contributed by atoms with van der Waals surface area (Å²) in [5.74, 6) is 5.54. The molecule has 1 aromatic rings. The quantitative estimate of drug-likeness (QED) is 0.788. The highest BCUT2D eigenvalue weighted by Gasteiger charge is 2.20. The number of hydrogen-bond acceptors (Lipinski definition) is 3. The van der Waals surface area contributed by atoms with Gasteiger partial charge in [0.15, 0.2) is 0 Å². The van der Waals surface area contributed by atoms with Gasteiger partial charge < -0.3 is 10.0 Å². The molecule has 1 fully saturated rings. The highest BCUT2D eigenvalue weighted by Crippen LogP contribution is 2.20. The predicted molar refractivity (Wildman–Crippen MR) is 72.7 cm³/mol. The van der Waals surface area contributed by atoms with Crippen molar-refractivity contribution in [3.63, 3.8) is 0 Å². The first kappa shape index (κ1) is 13.1. The molecule has 0 spiro atoms. The SMILES string of the molecule is O=C(c1sccc1C#CCO)N1CCCCCC1. The van der Waals surface area contributed by atoms with Gasteiger partial charge in [0.05, 0.1) is 0 Å². The van der Waals surface area contributed by atoms with Crippen molar-refractivity contribution in [2.45, 2.75) is 25.7 Å². The van der Waals surface area contributed by atoms with E-state index in [0.29, 0.717) is 4.88 Å². The van der Waals surface area contributed by atoms with Crippen LogP contribution in [0.1, 0.15) is 40.9 Å². The van der Waals surface area contributed by atoms with Crippen LogP contribution in [0.3, 0.4) is 0 Å². The molecule has 1 N–H and O–H groups in total. The number of thiophene rings is 1. The topological polar surface area (TPSA) is 40.5 Å². The van der Waals surface area contributed by atoms with Crippen molar-refractivity contribution >= 4 is 17.2 Å². The zero-order valence-corrected chi connectivity index (χ0v) is 11.1. The second-order valence-corrected chi connectivity index (χ2v) is 5.25. The number of hydrogen-bond donors (Lipinski definition) is 1. The molecule has 3 nitrogen and oxygen atoms in total. The van der Waals surface area contributed by atoms with Crippen molar-refractivity contribution in [1.29, 1.82) is 0 Å². The van der Waals surface area contributed by atoms with Gasteiger partial charge in [0, 0.05) is 18.7 Å². The second-order valence-electron chi connectivity index (χ2n) is 4.33. The molecule has 0 aromatic carbocycles. The molecule has 1 aliphatic heterocycles. The number of aliphatic hydroxyl groups excluding tert-OH is 1. The fourth-order valence-corrected chi connectivity index (χ4v) is 2.94. The number of nitrogens with zero attached hydrogens (tertiary/aromatic N) is 1. The molecule has 0 unspecified atom stereocenters. The zero-order valence-electron chi connectivity index (χ0n) is 10.3. The monoisotopic (exact) mass is 263 g/mol. The molecule has 1 saturated heterocycles. The maximum Gasteiger partial charge on any atom is 0.265 e. The molecule has 0 aliphatic carbocycles. The van der Waals surface area contributed by atoms with Gasteiger partial charge in [-0.25, -0.2) is 0 Å². The van der Waals surface area contributed by atoms with E-state index in [0.717, 1.165) is 31.5 Å². The first-order valence-electron chi connectivity index (χ1n) is 6.29. The van der Waals surface area contributed by atoms with Gasteiger partial charge in [-0.05, 0) is 24.3 Å². The van der Waals surface area contributed by atoms with E-state index in [1.807, 2.05) is 16.3 Å². The Bertz CT molecular complexity index is 462. The number of likely N-dealkylation sites (tertiary alicyclic amines) is 1. The molecular formula is C14H17NO2S. The highest BCUT2D eigenvalue weighted by molar-refractivity contribution is 7.12. The van der Waals surface area contributed by atoms with E-state index in [1.165, 1.54) is 24.2 Å². The Morgan fingerprint density at radius 1 is 1.33 bits per heavy atom. The first-order valence-corrected chi connectivity index (χ1v) is 7.17. The smallest absolute Gasteiger partial charge is 0.265 e. The zero-order chi connectivity index (χ0) is 12.8. The minimum atomic E-state index is -0.173. The molecule has 2 rings (SSSR count). The maximum atomic E-state index is 12.4. The molecule has 1 amide bonds. The Hall–Kier alpha value is -1.31. The fourth-order valence-electron chi connectivity index (χ4n) is 2.13. The average molecular weight is 263 g/mol. The molecular weight excluding hydrogens is 246 g/mol. The lowest BCUT2D eigenvalue weighted by Crippen LogP contribution is -2.31. The molecule has 2 heterocycles. The third-order valence-corrected chi connectivity index (χ3v) is 3.96. The van der Waals surface area contributed by atoms with Gasteiger partial charge in [-0.2, -0.15) is 0 Å². The number of carbonyl (C=O) groups excluding carboxylic acids is 1. The van der Waals surface area contributed by atoms with E-state index in [9.17, 15) is 4.79 Å². The summed E-state index contributed by atoms with van der Waals surface area (Å²) in [6.07, 6.45) is 4.61. The fraction of sp³-hybridized carbons (Fsp3) is 0.500. The standard InChI is InChI=1S/C14H17NO2S/c16-10-5-6-12-7-11-18-13(12)14(17)15-8-3-1-2-4-9-15/h7,11,16H,1-4,8-10H2. The van der Waals surface area contributed by atoms with Crippen LogP contribution in [0.2, 0.25) is 0 Å². The van der Waals surface area contributed by atoms with Crippen molar-refractivity contribution in [3.05, 3.63) is 21.9 Å². The van der Waals surface area contributed by atoms with Gasteiger partial charge in [-0.15, -0.1) is 11.3 Å². The van der Waals surface area contributed by atoms with Crippen LogP contribution in [0.5, 0.6) is 0 Å². The van der Waals surface area contributed by atoms with Crippen LogP contribution in [0, 0.1) is 11.8 Å². The maximum absolute atomic E-state index is 12.4. The Labute approximate surface area is 111 Å². The molecule has 1 aromatic heterocycles. The molecule has 0 radical (unpaired) electrons. The molecule has 4 heteroatoms. The third-order valence-electron chi connectivity index (χ3n) is 3.05. The van der Waals surface area contributed by atoms with Crippen LogP contribution in [0.15, 0.2) is 11.4 Å². The van der Waals surface area contributed by atoms with E-state index in [4.69, 9.17) is 5.11 Å². The van der Waals surface area contributed by atoms with Crippen LogP contribution in [0.4, 0.5) is 0 Å². The van der Waals surface area contributed by atoms with Crippen LogP contribution in [-0.4, -0.2) is 35.6 Å². The third kappa shape index (κ3) is 3.12. The van der Waals surface area contributed by atoms with Gasteiger partial charge in [-0.1, -0.05) is 24.7 Å². The van der Waals surface area contributed by atoms with Crippen LogP contribution < -0.4 is 0 Å². The van der Waals surface area contributed by atoms with E-state index >= 15 is 0 Å². The van der Waals surface area contributed by atoms with Gasteiger partial charge in [-0.3, -0.25) is 4.79 Å². The van der Waals surface area contributed by atoms with Gasteiger partial charge in [0.25, 0.3) is 5.91 Å². The first-order chi connectivity index (χ1) is 8.83. The van der Waals surface area contributed by atoms with Gasteiger partial charge in [0.1, 0.15) is 11.5 Å². The van der Waals surface area contributed by atoms with E-state index in [-0.39, 0.29) is 12.5 Å². The molecule has 96 valence electrons. The normalized spacial score (nSPS) is 15.7. The van der Waals surface area contributed by atoms with E-state index < -0.39 is 0 Å². The van der Waals surface area contributed by atoms with Crippen molar-refractivity contribution < 1.29 is 9.90 Å². The Morgan fingerprint density at radius 3 is 2.72 bits per heavy atom. The van der Waals surface area contributed by atoms with Crippen LogP contribution >= 0.6 is 11.3 Å². The van der Waals surface area contributed by atoms with Gasteiger partial charge in [0.2, 0.25) is 0 Å². The van der Waals surface area contributed by atoms with Crippen molar-refractivity contribution in [1.82, 2.24) is 4.90 Å². The Balaban J connectivity index is 2.14. The summed E-state index contributed by atoms with van der Waals surface area (Å²) in [5.41, 5.74) is 0.739. The highest BCUT2D eigenvalue weighted by atomic mass is 32.1. The summed E-state index contributed by atoms with van der Waals surface area (Å²) in [7, 11) is 0. The average Bonchev–Trinajstić information content (AvgIpc) is 2.68. The van der Waals surface area contributed by atoms with Crippen molar-refractivity contribution in [3.8, 4) is 11.8 Å². The minimum Gasteiger partial charge on any atom is -0.384 e. The van der Waals surface area contributed by atoms with E-state index in [1.54, 1.807) is 0 Å². The lowest BCUT2D eigenvalue weighted by atomic mass is 10.2. The Kier molecular flexibility index (Phi) is 4.80. The van der Waals surface area contributed by atoms with Crippen LogP contribution in [0.25, 0.3) is 0 Å². The summed E-state index contributed by atoms with van der Waals surface area (Å²) in [4.78, 5) is 15.0. The molecule has 18 heavy (non-hydrogen) atoms. The number of aliphatic hydroxyl groups is 1. The number of carbonyl (C=O) groups is 1. The predicted octanol–water partition coefficient (Wildman–Crippen LogP) is 2.11. The summed E-state index contributed by atoms with van der Waals surface area (Å²) >= 11 is 1.43. The molecule has 0 bridgehead atoms.